The molecule has 1 aliphatic heterocycles. The number of guanidine groups is 1. The van der Waals surface area contributed by atoms with Crippen molar-refractivity contribution >= 4 is 29.9 Å². The van der Waals surface area contributed by atoms with Crippen molar-refractivity contribution in [1.82, 2.24) is 15.5 Å². The average molecular weight is 406 g/mol. The zero-order valence-corrected chi connectivity index (χ0v) is 14.0. The number of rotatable bonds is 3. The summed E-state index contributed by atoms with van der Waals surface area (Å²) in [6, 6.07) is 0.501. The number of halogens is 4. The van der Waals surface area contributed by atoms with Gasteiger partial charge >= 0.3 is 6.18 Å². The van der Waals surface area contributed by atoms with Gasteiger partial charge in [-0.2, -0.15) is 13.2 Å². The molecule has 1 aliphatic carbocycles. The van der Waals surface area contributed by atoms with Crippen LogP contribution in [0.15, 0.2) is 4.99 Å². The molecule has 4 nitrogen and oxygen atoms in total. The third-order valence-corrected chi connectivity index (χ3v) is 3.67. The van der Waals surface area contributed by atoms with E-state index in [1.807, 2.05) is 0 Å². The SMILES string of the molecule is CN=C(NC1CCN(CC(F)(F)F)C1)NC1CC1C.I. The van der Waals surface area contributed by atoms with Crippen LogP contribution in [0.2, 0.25) is 0 Å². The molecule has 0 aromatic heterocycles. The van der Waals surface area contributed by atoms with Crippen molar-refractivity contribution in [1.29, 1.82) is 0 Å². The van der Waals surface area contributed by atoms with Crippen molar-refractivity contribution in [2.45, 2.75) is 38.0 Å². The molecule has 8 heteroatoms. The fraction of sp³-hybridized carbons (Fsp3) is 0.917. The lowest BCUT2D eigenvalue weighted by Crippen LogP contribution is -2.46. The fourth-order valence-corrected chi connectivity index (χ4v) is 2.41. The Morgan fingerprint density at radius 3 is 2.50 bits per heavy atom. The number of likely N-dealkylation sites (tertiary alicyclic amines) is 1. The minimum atomic E-state index is -4.11. The van der Waals surface area contributed by atoms with Crippen LogP contribution >= 0.6 is 24.0 Å². The molecule has 0 amide bonds. The Morgan fingerprint density at radius 2 is 2.00 bits per heavy atom. The minimum Gasteiger partial charge on any atom is -0.353 e. The molecule has 0 spiro atoms. The van der Waals surface area contributed by atoms with Crippen LogP contribution in [0.25, 0.3) is 0 Å². The third kappa shape index (κ3) is 5.63. The highest BCUT2D eigenvalue weighted by atomic mass is 127. The van der Waals surface area contributed by atoms with E-state index in [1.54, 1.807) is 7.05 Å². The van der Waals surface area contributed by atoms with Gasteiger partial charge in [-0.3, -0.25) is 9.89 Å². The second-order valence-corrected chi connectivity index (χ2v) is 5.52. The van der Waals surface area contributed by atoms with Crippen LogP contribution in [0, 0.1) is 5.92 Å². The zero-order valence-electron chi connectivity index (χ0n) is 11.7. The van der Waals surface area contributed by atoms with E-state index >= 15 is 0 Å². The molecule has 2 N–H and O–H groups in total. The van der Waals surface area contributed by atoms with Crippen molar-refractivity contribution in [3.8, 4) is 0 Å². The Bertz CT molecular complexity index is 348. The summed E-state index contributed by atoms with van der Waals surface area (Å²) in [5.41, 5.74) is 0. The van der Waals surface area contributed by atoms with Crippen molar-refractivity contribution in [2.75, 3.05) is 26.7 Å². The normalized spacial score (nSPS) is 30.9. The number of nitrogens with zero attached hydrogens (tertiary/aromatic N) is 2. The average Bonchev–Trinajstić information content (AvgIpc) is 2.80. The van der Waals surface area contributed by atoms with Crippen LogP contribution in [0.1, 0.15) is 19.8 Å². The van der Waals surface area contributed by atoms with Crippen LogP contribution in [0.4, 0.5) is 13.2 Å². The van der Waals surface area contributed by atoms with Gasteiger partial charge in [0.15, 0.2) is 5.96 Å². The van der Waals surface area contributed by atoms with Crippen molar-refractivity contribution in [3.05, 3.63) is 0 Å². The van der Waals surface area contributed by atoms with Crippen LogP contribution in [-0.2, 0) is 0 Å². The monoisotopic (exact) mass is 406 g/mol. The Hall–Kier alpha value is -0.250. The second-order valence-electron chi connectivity index (χ2n) is 5.52. The quantitative estimate of drug-likeness (QED) is 0.427. The summed E-state index contributed by atoms with van der Waals surface area (Å²) in [5.74, 6) is 1.36. The maximum absolute atomic E-state index is 12.3. The molecule has 0 aromatic carbocycles. The summed E-state index contributed by atoms with van der Waals surface area (Å²) in [4.78, 5) is 5.55. The standard InChI is InChI=1S/C12H21F3N4.HI/c1-8-5-10(8)18-11(16-2)17-9-3-4-19(6-9)7-12(13,14)15;/h8-10H,3-7H2,1-2H3,(H2,16,17,18);1H. The number of alkyl halides is 3. The van der Waals surface area contributed by atoms with Crippen molar-refractivity contribution in [3.63, 3.8) is 0 Å². The van der Waals surface area contributed by atoms with Gasteiger partial charge in [-0.25, -0.2) is 0 Å². The van der Waals surface area contributed by atoms with Gasteiger partial charge in [0.05, 0.1) is 6.54 Å². The highest BCUT2D eigenvalue weighted by molar-refractivity contribution is 14.0. The van der Waals surface area contributed by atoms with Gasteiger partial charge in [-0.1, -0.05) is 6.92 Å². The molecule has 0 radical (unpaired) electrons. The Morgan fingerprint density at radius 1 is 1.35 bits per heavy atom. The fourth-order valence-electron chi connectivity index (χ4n) is 2.41. The molecular weight excluding hydrogens is 384 g/mol. The Balaban J connectivity index is 0.00000200. The lowest BCUT2D eigenvalue weighted by Gasteiger charge is -2.19. The smallest absolute Gasteiger partial charge is 0.353 e. The van der Waals surface area contributed by atoms with Gasteiger partial charge in [0.1, 0.15) is 0 Å². The van der Waals surface area contributed by atoms with Crippen LogP contribution in [0.5, 0.6) is 0 Å². The van der Waals surface area contributed by atoms with E-state index < -0.39 is 12.7 Å². The lowest BCUT2D eigenvalue weighted by molar-refractivity contribution is -0.143. The molecule has 1 saturated heterocycles. The first-order valence-corrected chi connectivity index (χ1v) is 6.66. The molecule has 0 aromatic rings. The molecule has 2 aliphatic rings. The van der Waals surface area contributed by atoms with Gasteiger partial charge in [0, 0.05) is 32.2 Å². The predicted molar refractivity (Wildman–Crippen MR) is 83.5 cm³/mol. The minimum absolute atomic E-state index is 0. The first-order chi connectivity index (χ1) is 8.87. The Labute approximate surface area is 134 Å². The van der Waals surface area contributed by atoms with Gasteiger partial charge < -0.3 is 10.6 Å². The molecular formula is C12H22F3IN4. The van der Waals surface area contributed by atoms with Crippen LogP contribution < -0.4 is 10.6 Å². The maximum Gasteiger partial charge on any atom is 0.401 e. The predicted octanol–water partition coefficient (Wildman–Crippen LogP) is 1.81. The molecule has 118 valence electrons. The zero-order chi connectivity index (χ0) is 14.0. The first-order valence-electron chi connectivity index (χ1n) is 6.66. The summed E-state index contributed by atoms with van der Waals surface area (Å²) >= 11 is 0. The van der Waals surface area contributed by atoms with Gasteiger partial charge in [-0.05, 0) is 18.8 Å². The summed E-state index contributed by atoms with van der Waals surface area (Å²) in [5, 5.41) is 6.48. The summed E-state index contributed by atoms with van der Waals surface area (Å²) < 4.78 is 36.9. The van der Waals surface area contributed by atoms with E-state index in [4.69, 9.17) is 0 Å². The largest absolute Gasteiger partial charge is 0.401 e. The summed E-state index contributed by atoms with van der Waals surface area (Å²) in [6.45, 7) is 2.23. The van der Waals surface area contributed by atoms with Gasteiger partial charge in [-0.15, -0.1) is 24.0 Å². The summed E-state index contributed by atoms with van der Waals surface area (Å²) in [7, 11) is 1.69. The second kappa shape index (κ2) is 7.15. The topological polar surface area (TPSA) is 39.7 Å². The first kappa shape index (κ1) is 17.8. The number of hydrogen-bond acceptors (Lipinski definition) is 2. The number of nitrogens with one attached hydrogen (secondary N) is 2. The van der Waals surface area contributed by atoms with Crippen LogP contribution in [-0.4, -0.2) is 55.8 Å². The molecule has 1 saturated carbocycles. The van der Waals surface area contributed by atoms with Crippen molar-refractivity contribution < 1.29 is 13.2 Å². The molecule has 20 heavy (non-hydrogen) atoms. The summed E-state index contributed by atoms with van der Waals surface area (Å²) in [6.07, 6.45) is -2.26. The van der Waals surface area contributed by atoms with E-state index in [0.717, 1.165) is 12.8 Å². The van der Waals surface area contributed by atoms with E-state index in [9.17, 15) is 13.2 Å². The highest BCUT2D eigenvalue weighted by Crippen LogP contribution is 2.28. The van der Waals surface area contributed by atoms with E-state index in [1.165, 1.54) is 4.90 Å². The number of aliphatic imine (C=N–C) groups is 1. The van der Waals surface area contributed by atoms with Gasteiger partial charge in [0.2, 0.25) is 0 Å². The Kier molecular flexibility index (Phi) is 6.36. The van der Waals surface area contributed by atoms with E-state index in [-0.39, 0.29) is 30.0 Å². The number of hydrogen-bond donors (Lipinski definition) is 2. The molecule has 0 bridgehead atoms. The van der Waals surface area contributed by atoms with Crippen molar-refractivity contribution in [2.24, 2.45) is 10.9 Å². The third-order valence-electron chi connectivity index (χ3n) is 3.67. The molecule has 3 atom stereocenters. The molecule has 2 fully saturated rings. The van der Waals surface area contributed by atoms with E-state index in [0.29, 0.717) is 31.0 Å². The van der Waals surface area contributed by atoms with Gasteiger partial charge in [0.25, 0.3) is 0 Å². The maximum atomic E-state index is 12.3. The van der Waals surface area contributed by atoms with E-state index in [2.05, 4.69) is 22.5 Å². The molecule has 2 rings (SSSR count). The highest BCUT2D eigenvalue weighted by Gasteiger charge is 2.36. The van der Waals surface area contributed by atoms with Crippen LogP contribution in [0.3, 0.4) is 0 Å². The molecule has 1 heterocycles. The molecule has 3 unspecified atom stereocenters. The lowest BCUT2D eigenvalue weighted by atomic mass is 10.3.